The highest BCUT2D eigenvalue weighted by atomic mass is 35.5. The van der Waals surface area contributed by atoms with Crippen LogP contribution in [-0.4, -0.2) is 20.1 Å². The standard InChI is InChI=1S/C12H14ClN3O/c1-8-3-4-10(11(13)5-8)12(17)6-9-7-16(2)15-14-9/h3-5,7,12,17H,6H2,1-2H3. The Balaban J connectivity index is 2.17. The molecule has 0 saturated heterocycles. The summed E-state index contributed by atoms with van der Waals surface area (Å²) >= 11 is 6.09. The topological polar surface area (TPSA) is 50.9 Å². The minimum Gasteiger partial charge on any atom is -0.388 e. The summed E-state index contributed by atoms with van der Waals surface area (Å²) < 4.78 is 1.61. The molecule has 1 N–H and O–H groups in total. The third-order valence-electron chi connectivity index (χ3n) is 2.57. The minimum absolute atomic E-state index is 0.413. The Morgan fingerprint density at radius 2 is 2.24 bits per heavy atom. The summed E-state index contributed by atoms with van der Waals surface area (Å²) in [6, 6.07) is 5.62. The molecule has 0 radical (unpaired) electrons. The second-order valence-corrected chi connectivity index (χ2v) is 4.54. The maximum atomic E-state index is 10.1. The van der Waals surface area contributed by atoms with Crippen LogP contribution in [0.4, 0.5) is 0 Å². The van der Waals surface area contributed by atoms with Gasteiger partial charge in [-0.1, -0.05) is 28.9 Å². The molecule has 0 amide bonds. The lowest BCUT2D eigenvalue weighted by molar-refractivity contribution is 0.177. The van der Waals surface area contributed by atoms with Crippen LogP contribution in [0, 0.1) is 6.92 Å². The van der Waals surface area contributed by atoms with Crippen molar-refractivity contribution >= 4 is 11.6 Å². The molecule has 0 aliphatic rings. The van der Waals surface area contributed by atoms with E-state index in [-0.39, 0.29) is 0 Å². The number of aromatic nitrogens is 3. The number of hydrogen-bond acceptors (Lipinski definition) is 3. The fraction of sp³-hybridized carbons (Fsp3) is 0.333. The molecule has 17 heavy (non-hydrogen) atoms. The molecule has 1 aromatic heterocycles. The molecule has 0 aliphatic heterocycles. The van der Waals surface area contributed by atoms with Crippen LogP contribution in [0.2, 0.25) is 5.02 Å². The summed E-state index contributed by atoms with van der Waals surface area (Å²) in [6.45, 7) is 1.96. The Labute approximate surface area is 105 Å². The Bertz CT molecular complexity index is 524. The Kier molecular flexibility index (Phi) is 3.45. The minimum atomic E-state index is -0.653. The van der Waals surface area contributed by atoms with Gasteiger partial charge in [0.1, 0.15) is 0 Å². The third-order valence-corrected chi connectivity index (χ3v) is 2.89. The predicted octanol–water partition coefficient (Wildman–Crippen LogP) is 2.05. The molecule has 0 spiro atoms. The first-order valence-electron chi connectivity index (χ1n) is 5.35. The van der Waals surface area contributed by atoms with Crippen molar-refractivity contribution in [3.05, 3.63) is 46.2 Å². The fourth-order valence-corrected chi connectivity index (χ4v) is 2.06. The Morgan fingerprint density at radius 3 is 2.82 bits per heavy atom. The molecular weight excluding hydrogens is 238 g/mol. The van der Waals surface area contributed by atoms with Crippen LogP contribution in [-0.2, 0) is 13.5 Å². The number of aliphatic hydroxyl groups is 1. The molecule has 0 fully saturated rings. The molecule has 1 atom stereocenters. The first-order valence-corrected chi connectivity index (χ1v) is 5.73. The highest BCUT2D eigenvalue weighted by Gasteiger charge is 2.14. The lowest BCUT2D eigenvalue weighted by Gasteiger charge is -2.11. The zero-order valence-electron chi connectivity index (χ0n) is 9.76. The largest absolute Gasteiger partial charge is 0.388 e. The van der Waals surface area contributed by atoms with Gasteiger partial charge in [0.15, 0.2) is 0 Å². The number of benzene rings is 1. The molecule has 2 aromatic rings. The predicted molar refractivity (Wildman–Crippen MR) is 65.9 cm³/mol. The van der Waals surface area contributed by atoms with E-state index in [1.54, 1.807) is 17.9 Å². The van der Waals surface area contributed by atoms with Gasteiger partial charge in [-0.3, -0.25) is 4.68 Å². The van der Waals surface area contributed by atoms with Crippen molar-refractivity contribution in [2.45, 2.75) is 19.4 Å². The van der Waals surface area contributed by atoms with E-state index in [0.29, 0.717) is 11.4 Å². The van der Waals surface area contributed by atoms with Gasteiger partial charge in [0.2, 0.25) is 0 Å². The summed E-state index contributed by atoms with van der Waals surface area (Å²) in [4.78, 5) is 0. The molecule has 0 aliphatic carbocycles. The van der Waals surface area contributed by atoms with Crippen molar-refractivity contribution in [2.75, 3.05) is 0 Å². The summed E-state index contributed by atoms with van der Waals surface area (Å²) in [5.74, 6) is 0. The van der Waals surface area contributed by atoms with Crippen molar-refractivity contribution in [1.82, 2.24) is 15.0 Å². The van der Waals surface area contributed by atoms with Gasteiger partial charge in [-0.2, -0.15) is 0 Å². The van der Waals surface area contributed by atoms with Gasteiger partial charge in [0, 0.05) is 24.7 Å². The van der Waals surface area contributed by atoms with Gasteiger partial charge in [-0.05, 0) is 24.1 Å². The van der Waals surface area contributed by atoms with Crippen LogP contribution in [0.25, 0.3) is 0 Å². The molecule has 2 rings (SSSR count). The van der Waals surface area contributed by atoms with E-state index in [1.165, 1.54) is 0 Å². The van der Waals surface area contributed by atoms with E-state index in [4.69, 9.17) is 11.6 Å². The van der Waals surface area contributed by atoms with Gasteiger partial charge in [0.05, 0.1) is 11.8 Å². The van der Waals surface area contributed by atoms with Crippen molar-refractivity contribution < 1.29 is 5.11 Å². The second kappa shape index (κ2) is 4.85. The van der Waals surface area contributed by atoms with Gasteiger partial charge >= 0.3 is 0 Å². The van der Waals surface area contributed by atoms with Crippen LogP contribution in [0.5, 0.6) is 0 Å². The van der Waals surface area contributed by atoms with E-state index in [1.807, 2.05) is 25.1 Å². The average molecular weight is 252 g/mol. The number of halogens is 1. The van der Waals surface area contributed by atoms with E-state index in [0.717, 1.165) is 16.8 Å². The molecule has 90 valence electrons. The van der Waals surface area contributed by atoms with Gasteiger partial charge in [0.25, 0.3) is 0 Å². The molecule has 1 aromatic carbocycles. The maximum Gasteiger partial charge on any atom is 0.0861 e. The first kappa shape index (κ1) is 12.1. The highest BCUT2D eigenvalue weighted by molar-refractivity contribution is 6.31. The van der Waals surface area contributed by atoms with E-state index in [2.05, 4.69) is 10.3 Å². The molecule has 4 nitrogen and oxygen atoms in total. The van der Waals surface area contributed by atoms with E-state index in [9.17, 15) is 5.11 Å². The number of hydrogen-bond donors (Lipinski definition) is 1. The quantitative estimate of drug-likeness (QED) is 0.908. The second-order valence-electron chi connectivity index (χ2n) is 4.13. The summed E-state index contributed by atoms with van der Waals surface area (Å²) in [6.07, 6.45) is 1.54. The highest BCUT2D eigenvalue weighted by Crippen LogP contribution is 2.26. The molecular formula is C12H14ClN3O. The van der Waals surface area contributed by atoms with Crippen LogP contribution < -0.4 is 0 Å². The van der Waals surface area contributed by atoms with Crippen molar-refractivity contribution in [2.24, 2.45) is 7.05 Å². The SMILES string of the molecule is Cc1ccc(C(O)Cc2cn(C)nn2)c(Cl)c1. The van der Waals surface area contributed by atoms with Crippen LogP contribution in [0.1, 0.15) is 22.9 Å². The van der Waals surface area contributed by atoms with Crippen molar-refractivity contribution in [3.8, 4) is 0 Å². The Hall–Kier alpha value is -1.39. The molecule has 0 saturated carbocycles. The lowest BCUT2D eigenvalue weighted by atomic mass is 10.0. The van der Waals surface area contributed by atoms with Crippen molar-refractivity contribution in [3.63, 3.8) is 0 Å². The van der Waals surface area contributed by atoms with Crippen LogP contribution in [0.3, 0.4) is 0 Å². The van der Waals surface area contributed by atoms with Gasteiger partial charge in [-0.25, -0.2) is 0 Å². The third kappa shape index (κ3) is 2.84. The van der Waals surface area contributed by atoms with Crippen LogP contribution >= 0.6 is 11.6 Å². The number of aliphatic hydroxyl groups excluding tert-OH is 1. The molecule has 5 heteroatoms. The normalized spacial score (nSPS) is 12.7. The van der Waals surface area contributed by atoms with E-state index >= 15 is 0 Å². The molecule has 1 unspecified atom stereocenters. The first-order chi connectivity index (χ1) is 8.06. The van der Waals surface area contributed by atoms with Crippen molar-refractivity contribution in [1.29, 1.82) is 0 Å². The zero-order valence-corrected chi connectivity index (χ0v) is 10.5. The van der Waals surface area contributed by atoms with Crippen LogP contribution in [0.15, 0.2) is 24.4 Å². The maximum absolute atomic E-state index is 10.1. The summed E-state index contributed by atoms with van der Waals surface area (Å²) in [7, 11) is 1.79. The average Bonchev–Trinajstić information content (AvgIpc) is 2.63. The zero-order chi connectivity index (χ0) is 12.4. The number of nitrogens with zero attached hydrogens (tertiary/aromatic N) is 3. The number of aryl methyl sites for hydroxylation is 2. The van der Waals surface area contributed by atoms with E-state index < -0.39 is 6.10 Å². The molecule has 0 bridgehead atoms. The fourth-order valence-electron chi connectivity index (χ4n) is 1.70. The van der Waals surface area contributed by atoms with Gasteiger partial charge in [-0.15, -0.1) is 5.10 Å². The Morgan fingerprint density at radius 1 is 1.47 bits per heavy atom. The molecule has 1 heterocycles. The summed E-state index contributed by atoms with van der Waals surface area (Å²) in [5, 5.41) is 18.4. The monoisotopic (exact) mass is 251 g/mol. The smallest absolute Gasteiger partial charge is 0.0861 e. The number of rotatable bonds is 3. The van der Waals surface area contributed by atoms with Gasteiger partial charge < -0.3 is 5.11 Å². The lowest BCUT2D eigenvalue weighted by Crippen LogP contribution is -2.03. The summed E-state index contributed by atoms with van der Waals surface area (Å²) in [5.41, 5.74) is 2.55.